The number of fused-ring (bicyclic) bond motifs is 1. The van der Waals surface area contributed by atoms with Crippen LogP contribution in [-0.2, 0) is 14.8 Å². The Hall–Kier alpha value is -2.46. The number of carbonyl (C=O) groups excluding carboxylic acids is 1. The average Bonchev–Trinajstić information content (AvgIpc) is 3.57. The molecule has 0 aliphatic carbocycles. The molecule has 0 saturated carbocycles. The van der Waals surface area contributed by atoms with Gasteiger partial charge >= 0.3 is 0 Å². The van der Waals surface area contributed by atoms with Crippen LogP contribution in [0.15, 0.2) is 47.4 Å². The van der Waals surface area contributed by atoms with Crippen LogP contribution >= 0.6 is 11.6 Å². The van der Waals surface area contributed by atoms with E-state index in [1.54, 1.807) is 11.0 Å². The van der Waals surface area contributed by atoms with E-state index in [1.165, 1.54) is 12.1 Å². The zero-order valence-corrected chi connectivity index (χ0v) is 19.5. The number of ether oxygens (including phenoxy) is 1. The van der Waals surface area contributed by atoms with E-state index in [1.807, 2.05) is 24.3 Å². The molecule has 33 heavy (non-hydrogen) atoms. The van der Waals surface area contributed by atoms with Crippen molar-refractivity contribution >= 4 is 38.6 Å². The molecule has 0 bridgehead atoms. The maximum atomic E-state index is 13.4. The maximum absolute atomic E-state index is 13.4. The molecular formula is C23H25ClN4O4S. The van der Waals surface area contributed by atoms with Gasteiger partial charge < -0.3 is 14.6 Å². The fraction of sp³-hybridized carbons (Fsp3) is 0.391. The predicted octanol–water partition coefficient (Wildman–Crippen LogP) is 3.65. The number of H-pyrrole nitrogens is 1. The van der Waals surface area contributed by atoms with Gasteiger partial charge in [-0.05, 0) is 56.0 Å². The largest absolute Gasteiger partial charge is 0.377 e. The number of sulfonamides is 1. The Labute approximate surface area is 197 Å². The van der Waals surface area contributed by atoms with Crippen LogP contribution in [0.3, 0.4) is 0 Å². The first-order valence-corrected chi connectivity index (χ1v) is 12.9. The van der Waals surface area contributed by atoms with Crippen LogP contribution in [0.4, 0.5) is 0 Å². The van der Waals surface area contributed by atoms with E-state index in [9.17, 15) is 13.2 Å². The second kappa shape index (κ2) is 9.06. The smallest absolute Gasteiger partial charge is 0.254 e. The summed E-state index contributed by atoms with van der Waals surface area (Å²) < 4.78 is 33.9. The SMILES string of the molecule is O=C(c1ccc(Cl)c(S(=O)(=O)NC[C@H]2CCCO2)c1)N1CCC[C@@H]1c1nc2ccccc2[nH]1. The first-order valence-electron chi connectivity index (χ1n) is 11.1. The summed E-state index contributed by atoms with van der Waals surface area (Å²) >= 11 is 6.22. The quantitative estimate of drug-likeness (QED) is 0.551. The lowest BCUT2D eigenvalue weighted by atomic mass is 10.1. The van der Waals surface area contributed by atoms with Gasteiger partial charge in [-0.2, -0.15) is 0 Å². The van der Waals surface area contributed by atoms with Gasteiger partial charge in [0, 0.05) is 25.3 Å². The van der Waals surface area contributed by atoms with E-state index in [-0.39, 0.29) is 40.1 Å². The fourth-order valence-electron chi connectivity index (χ4n) is 4.52. The molecule has 2 fully saturated rings. The fourth-order valence-corrected chi connectivity index (χ4v) is 6.11. The second-order valence-corrected chi connectivity index (χ2v) is 10.6. The van der Waals surface area contributed by atoms with Crippen molar-refractivity contribution < 1.29 is 17.9 Å². The molecule has 0 radical (unpaired) electrons. The number of halogens is 1. The third-order valence-electron chi connectivity index (χ3n) is 6.23. The third-order valence-corrected chi connectivity index (χ3v) is 8.13. The van der Waals surface area contributed by atoms with Gasteiger partial charge in [0.1, 0.15) is 10.7 Å². The molecule has 5 rings (SSSR count). The summed E-state index contributed by atoms with van der Waals surface area (Å²) in [4.78, 5) is 23.0. The highest BCUT2D eigenvalue weighted by Crippen LogP contribution is 2.33. The molecule has 2 N–H and O–H groups in total. The highest BCUT2D eigenvalue weighted by Gasteiger charge is 2.33. The molecule has 2 aromatic carbocycles. The van der Waals surface area contributed by atoms with E-state index >= 15 is 0 Å². The molecule has 2 atom stereocenters. The number of hydrogen-bond acceptors (Lipinski definition) is 5. The molecule has 3 heterocycles. The first-order chi connectivity index (χ1) is 15.9. The molecule has 2 aliphatic heterocycles. The van der Waals surface area contributed by atoms with E-state index in [2.05, 4.69) is 14.7 Å². The van der Waals surface area contributed by atoms with Gasteiger partial charge in [0.15, 0.2) is 0 Å². The molecule has 2 saturated heterocycles. The molecule has 10 heteroatoms. The van der Waals surface area contributed by atoms with Gasteiger partial charge in [-0.25, -0.2) is 18.1 Å². The molecule has 1 aromatic heterocycles. The Morgan fingerprint density at radius 2 is 2.06 bits per heavy atom. The van der Waals surface area contributed by atoms with Gasteiger partial charge in [-0.1, -0.05) is 23.7 Å². The van der Waals surface area contributed by atoms with Crippen molar-refractivity contribution in [3.05, 3.63) is 58.9 Å². The minimum absolute atomic E-state index is 0.0710. The van der Waals surface area contributed by atoms with Gasteiger partial charge in [0.05, 0.1) is 28.2 Å². The van der Waals surface area contributed by atoms with Crippen LogP contribution < -0.4 is 4.72 Å². The topological polar surface area (TPSA) is 104 Å². The van der Waals surface area contributed by atoms with Crippen molar-refractivity contribution in [2.45, 2.75) is 42.7 Å². The predicted molar refractivity (Wildman–Crippen MR) is 125 cm³/mol. The zero-order chi connectivity index (χ0) is 23.0. The number of rotatable bonds is 6. The highest BCUT2D eigenvalue weighted by molar-refractivity contribution is 7.89. The minimum atomic E-state index is -3.89. The number of hydrogen-bond donors (Lipinski definition) is 2. The molecule has 8 nitrogen and oxygen atoms in total. The van der Waals surface area contributed by atoms with Crippen molar-refractivity contribution in [3.8, 4) is 0 Å². The van der Waals surface area contributed by atoms with E-state index in [4.69, 9.17) is 16.3 Å². The third kappa shape index (κ3) is 4.50. The Morgan fingerprint density at radius 3 is 2.85 bits per heavy atom. The number of imidazole rings is 1. The number of para-hydroxylation sites is 2. The van der Waals surface area contributed by atoms with Crippen molar-refractivity contribution in [2.24, 2.45) is 0 Å². The van der Waals surface area contributed by atoms with Crippen molar-refractivity contribution in [1.29, 1.82) is 0 Å². The van der Waals surface area contributed by atoms with E-state index in [0.717, 1.165) is 42.5 Å². The number of likely N-dealkylation sites (tertiary alicyclic amines) is 1. The zero-order valence-electron chi connectivity index (χ0n) is 18.0. The molecule has 174 valence electrons. The Kier molecular flexibility index (Phi) is 6.13. The van der Waals surface area contributed by atoms with Gasteiger partial charge in [0.25, 0.3) is 5.91 Å². The van der Waals surface area contributed by atoms with Gasteiger partial charge in [0.2, 0.25) is 10.0 Å². The van der Waals surface area contributed by atoms with Crippen molar-refractivity contribution in [2.75, 3.05) is 19.7 Å². The molecular weight excluding hydrogens is 464 g/mol. The highest BCUT2D eigenvalue weighted by atomic mass is 35.5. The number of carbonyl (C=O) groups is 1. The van der Waals surface area contributed by atoms with Gasteiger partial charge in [-0.3, -0.25) is 4.79 Å². The lowest BCUT2D eigenvalue weighted by Gasteiger charge is -2.23. The minimum Gasteiger partial charge on any atom is -0.377 e. The summed E-state index contributed by atoms with van der Waals surface area (Å²) in [7, 11) is -3.89. The van der Waals surface area contributed by atoms with E-state index in [0.29, 0.717) is 13.2 Å². The number of amides is 1. The molecule has 1 amide bonds. The molecule has 0 unspecified atom stereocenters. The lowest BCUT2D eigenvalue weighted by molar-refractivity contribution is 0.0730. The first kappa shape index (κ1) is 22.3. The van der Waals surface area contributed by atoms with Crippen LogP contribution in [0.5, 0.6) is 0 Å². The average molecular weight is 489 g/mol. The Morgan fingerprint density at radius 1 is 1.21 bits per heavy atom. The van der Waals surface area contributed by atoms with Crippen LogP contribution in [-0.4, -0.2) is 55.0 Å². The van der Waals surface area contributed by atoms with Crippen LogP contribution in [0.1, 0.15) is 47.9 Å². The summed E-state index contributed by atoms with van der Waals surface area (Å²) in [6, 6.07) is 11.9. The van der Waals surface area contributed by atoms with E-state index < -0.39 is 10.0 Å². The van der Waals surface area contributed by atoms with Crippen molar-refractivity contribution in [3.63, 3.8) is 0 Å². The summed E-state index contributed by atoms with van der Waals surface area (Å²) in [6.07, 6.45) is 3.21. The Bertz CT molecular complexity index is 1250. The number of benzene rings is 2. The maximum Gasteiger partial charge on any atom is 0.254 e. The Balaban J connectivity index is 1.38. The number of nitrogens with zero attached hydrogens (tertiary/aromatic N) is 2. The number of aromatic amines is 1. The number of nitrogens with one attached hydrogen (secondary N) is 2. The molecule has 0 spiro atoms. The summed E-state index contributed by atoms with van der Waals surface area (Å²) in [5.41, 5.74) is 2.05. The standard InChI is InChI=1S/C23H25ClN4O4S/c24-17-10-9-15(13-21(17)33(30,31)25-14-16-5-4-12-32-16)23(29)28-11-3-8-20(28)22-26-18-6-1-2-7-19(18)27-22/h1-2,6-7,9-10,13,16,20,25H,3-5,8,11-12,14H2,(H,26,27)/t16-,20-/m1/s1. The summed E-state index contributed by atoms with van der Waals surface area (Å²) in [6.45, 7) is 1.39. The summed E-state index contributed by atoms with van der Waals surface area (Å²) in [5, 5.41) is 0.0710. The molecule has 3 aromatic rings. The normalized spacial score (nSPS) is 21.2. The van der Waals surface area contributed by atoms with Gasteiger partial charge in [-0.15, -0.1) is 0 Å². The van der Waals surface area contributed by atoms with Crippen LogP contribution in [0.25, 0.3) is 11.0 Å². The van der Waals surface area contributed by atoms with Crippen LogP contribution in [0, 0.1) is 0 Å². The summed E-state index contributed by atoms with van der Waals surface area (Å²) in [5.74, 6) is 0.493. The monoisotopic (exact) mass is 488 g/mol. The van der Waals surface area contributed by atoms with Crippen LogP contribution in [0.2, 0.25) is 5.02 Å². The molecule has 2 aliphatic rings. The van der Waals surface area contributed by atoms with Crippen molar-refractivity contribution in [1.82, 2.24) is 19.6 Å². The number of aromatic nitrogens is 2. The second-order valence-electron chi connectivity index (χ2n) is 8.43. The lowest BCUT2D eigenvalue weighted by Crippen LogP contribution is -2.33.